The maximum absolute atomic E-state index is 13.2. The van der Waals surface area contributed by atoms with Crippen LogP contribution in [0, 0.1) is 12.8 Å². The Kier molecular flexibility index (Phi) is 8.27. The van der Waals surface area contributed by atoms with Crippen LogP contribution in [0.4, 0.5) is 0 Å². The molecule has 2 atom stereocenters. The van der Waals surface area contributed by atoms with Crippen molar-refractivity contribution in [1.29, 1.82) is 0 Å². The molecule has 2 aliphatic heterocycles. The minimum atomic E-state index is -3.35. The maximum atomic E-state index is 13.2. The molecule has 3 aromatic rings. The SMILES string of the molecule is Cc1ccc2c(c1O)C[C@@H](C1CCN(S(=O)(=O)CCc3cccc4ccccc34)CC1)O[C@H]2CN.Cl. The van der Waals surface area contributed by atoms with Gasteiger partial charge in [-0.2, -0.15) is 0 Å². The van der Waals surface area contributed by atoms with Crippen molar-refractivity contribution in [3.63, 3.8) is 0 Å². The fraction of sp³-hybridized carbons (Fsp3) is 0.429. The highest BCUT2D eigenvalue weighted by atomic mass is 35.5. The number of rotatable bonds is 6. The molecule has 0 bridgehead atoms. The molecule has 0 spiro atoms. The summed E-state index contributed by atoms with van der Waals surface area (Å²) in [7, 11) is -3.35. The standard InChI is InChI=1S/C28H34N2O4S.ClH/c1-19-9-10-24-25(28(19)31)17-26(34-27(24)18-29)22-11-14-30(15-12-22)35(32,33)16-13-21-7-4-6-20-5-2-3-8-23(20)21;/h2-10,22,26-27,31H,11-18,29H2,1H3;1H/t26-,27-;/m0./s1. The summed E-state index contributed by atoms with van der Waals surface area (Å²) < 4.78 is 34.3. The molecule has 0 unspecified atom stereocenters. The van der Waals surface area contributed by atoms with Crippen LogP contribution >= 0.6 is 12.4 Å². The van der Waals surface area contributed by atoms with E-state index in [1.807, 2.05) is 43.3 Å². The summed E-state index contributed by atoms with van der Waals surface area (Å²) in [6.07, 6.45) is 2.33. The Morgan fingerprint density at radius 3 is 2.53 bits per heavy atom. The number of benzene rings is 3. The number of piperidine rings is 1. The first-order valence-electron chi connectivity index (χ1n) is 12.5. The molecular formula is C28H35ClN2O4S. The quantitative estimate of drug-likeness (QED) is 0.489. The monoisotopic (exact) mass is 530 g/mol. The molecule has 3 N–H and O–H groups in total. The Bertz CT molecular complexity index is 1320. The number of phenols is 1. The van der Waals surface area contributed by atoms with Gasteiger partial charge in [0.05, 0.1) is 18.0 Å². The molecule has 1 fully saturated rings. The number of phenolic OH excluding ortho intramolecular Hbond substituents is 1. The highest BCUT2D eigenvalue weighted by Crippen LogP contribution is 2.40. The van der Waals surface area contributed by atoms with E-state index in [9.17, 15) is 13.5 Å². The predicted molar refractivity (Wildman–Crippen MR) is 146 cm³/mol. The molecule has 2 heterocycles. The molecule has 194 valence electrons. The fourth-order valence-corrected chi connectivity index (χ4v) is 7.19. The van der Waals surface area contributed by atoms with Gasteiger partial charge in [-0.1, -0.05) is 54.6 Å². The molecule has 3 aromatic carbocycles. The number of halogens is 1. The van der Waals surface area contributed by atoms with Crippen LogP contribution in [0.3, 0.4) is 0 Å². The molecule has 6 nitrogen and oxygen atoms in total. The number of sulfonamides is 1. The lowest BCUT2D eigenvalue weighted by Crippen LogP contribution is -2.44. The van der Waals surface area contributed by atoms with Crippen LogP contribution in [0.1, 0.15) is 41.2 Å². The maximum Gasteiger partial charge on any atom is 0.214 e. The number of ether oxygens (including phenoxy) is 1. The van der Waals surface area contributed by atoms with E-state index < -0.39 is 10.0 Å². The molecule has 5 rings (SSSR count). The molecule has 1 saturated heterocycles. The number of nitrogens with two attached hydrogens (primary N) is 1. The number of aromatic hydroxyl groups is 1. The van der Waals surface area contributed by atoms with Crippen molar-refractivity contribution in [1.82, 2.24) is 4.31 Å². The van der Waals surface area contributed by atoms with Crippen molar-refractivity contribution in [3.05, 3.63) is 76.9 Å². The van der Waals surface area contributed by atoms with Crippen molar-refractivity contribution in [3.8, 4) is 5.75 Å². The second-order valence-corrected chi connectivity index (χ2v) is 11.9. The Balaban J connectivity index is 0.00000304. The Morgan fingerprint density at radius 2 is 1.78 bits per heavy atom. The van der Waals surface area contributed by atoms with Crippen LogP contribution in [-0.2, 0) is 27.6 Å². The van der Waals surface area contributed by atoms with Gasteiger partial charge in [-0.05, 0) is 59.6 Å². The average Bonchev–Trinajstić information content (AvgIpc) is 2.89. The van der Waals surface area contributed by atoms with E-state index in [4.69, 9.17) is 10.5 Å². The van der Waals surface area contributed by atoms with Crippen LogP contribution in [0.15, 0.2) is 54.6 Å². The summed E-state index contributed by atoms with van der Waals surface area (Å²) in [4.78, 5) is 0. The smallest absolute Gasteiger partial charge is 0.214 e. The highest BCUT2D eigenvalue weighted by Gasteiger charge is 2.37. The first kappa shape index (κ1) is 26.9. The zero-order valence-corrected chi connectivity index (χ0v) is 22.2. The topological polar surface area (TPSA) is 92.9 Å². The second-order valence-electron chi connectivity index (χ2n) is 9.84. The van der Waals surface area contributed by atoms with Gasteiger partial charge in [0, 0.05) is 31.6 Å². The fourth-order valence-electron chi connectivity index (χ4n) is 5.68. The third-order valence-electron chi connectivity index (χ3n) is 7.75. The number of hydrogen-bond donors (Lipinski definition) is 2. The second kappa shape index (κ2) is 11.1. The van der Waals surface area contributed by atoms with Gasteiger partial charge in [0.1, 0.15) is 5.75 Å². The Hall–Kier alpha value is -2.16. The lowest BCUT2D eigenvalue weighted by molar-refractivity contribution is -0.0612. The van der Waals surface area contributed by atoms with Crippen LogP contribution in [-0.4, -0.2) is 49.3 Å². The van der Waals surface area contributed by atoms with Crippen LogP contribution in [0.25, 0.3) is 10.8 Å². The first-order valence-corrected chi connectivity index (χ1v) is 14.1. The number of nitrogens with zero attached hydrogens (tertiary/aromatic N) is 1. The van der Waals surface area contributed by atoms with Gasteiger partial charge in [0.15, 0.2) is 0 Å². The van der Waals surface area contributed by atoms with E-state index in [0.29, 0.717) is 38.2 Å². The van der Waals surface area contributed by atoms with E-state index in [1.54, 1.807) is 4.31 Å². The van der Waals surface area contributed by atoms with Gasteiger partial charge >= 0.3 is 0 Å². The van der Waals surface area contributed by atoms with E-state index in [1.165, 1.54) is 0 Å². The summed E-state index contributed by atoms with van der Waals surface area (Å²) in [5.74, 6) is 0.686. The highest BCUT2D eigenvalue weighted by molar-refractivity contribution is 7.89. The minimum Gasteiger partial charge on any atom is -0.507 e. The van der Waals surface area contributed by atoms with E-state index in [-0.39, 0.29) is 36.3 Å². The third-order valence-corrected chi connectivity index (χ3v) is 9.63. The van der Waals surface area contributed by atoms with Crippen molar-refractivity contribution in [2.45, 2.75) is 44.8 Å². The van der Waals surface area contributed by atoms with E-state index >= 15 is 0 Å². The summed E-state index contributed by atoms with van der Waals surface area (Å²) in [5.41, 5.74) is 9.83. The number of aryl methyl sites for hydroxylation is 2. The van der Waals surface area contributed by atoms with Crippen LogP contribution < -0.4 is 5.73 Å². The van der Waals surface area contributed by atoms with Gasteiger partial charge in [-0.15, -0.1) is 12.4 Å². The van der Waals surface area contributed by atoms with E-state index in [2.05, 4.69) is 18.2 Å². The summed E-state index contributed by atoms with van der Waals surface area (Å²) in [5, 5.41) is 12.9. The van der Waals surface area contributed by atoms with Gasteiger partial charge in [0.2, 0.25) is 10.0 Å². The summed E-state index contributed by atoms with van der Waals surface area (Å²) in [6.45, 7) is 3.26. The number of fused-ring (bicyclic) bond motifs is 2. The first-order chi connectivity index (χ1) is 16.9. The predicted octanol–water partition coefficient (Wildman–Crippen LogP) is 4.50. The normalized spacial score (nSPS) is 21.2. The third kappa shape index (κ3) is 5.27. The summed E-state index contributed by atoms with van der Waals surface area (Å²) >= 11 is 0. The van der Waals surface area contributed by atoms with Gasteiger partial charge in [-0.25, -0.2) is 12.7 Å². The van der Waals surface area contributed by atoms with Crippen LogP contribution in [0.5, 0.6) is 5.75 Å². The molecule has 8 heteroatoms. The minimum absolute atomic E-state index is 0. The Morgan fingerprint density at radius 1 is 1.06 bits per heavy atom. The van der Waals surface area contributed by atoms with Crippen molar-refractivity contribution >= 4 is 33.2 Å². The molecule has 0 amide bonds. The zero-order chi connectivity index (χ0) is 24.6. The van der Waals surface area contributed by atoms with Gasteiger partial charge in [0.25, 0.3) is 0 Å². The molecule has 0 aromatic heterocycles. The lowest BCUT2D eigenvalue weighted by Gasteiger charge is -2.40. The van der Waals surface area contributed by atoms with Crippen molar-refractivity contribution < 1.29 is 18.3 Å². The van der Waals surface area contributed by atoms with Gasteiger partial charge < -0.3 is 15.6 Å². The molecule has 0 aliphatic carbocycles. The largest absolute Gasteiger partial charge is 0.507 e. The lowest BCUT2D eigenvalue weighted by atomic mass is 9.83. The molecule has 0 saturated carbocycles. The molecular weight excluding hydrogens is 496 g/mol. The van der Waals surface area contributed by atoms with Crippen LogP contribution in [0.2, 0.25) is 0 Å². The molecule has 36 heavy (non-hydrogen) atoms. The summed E-state index contributed by atoms with van der Waals surface area (Å²) in [6, 6.07) is 18.1. The van der Waals surface area contributed by atoms with Gasteiger partial charge in [-0.3, -0.25) is 0 Å². The molecule has 2 aliphatic rings. The molecule has 0 radical (unpaired) electrons. The Labute approximate surface area is 219 Å². The van der Waals surface area contributed by atoms with Crippen molar-refractivity contribution in [2.75, 3.05) is 25.4 Å². The zero-order valence-electron chi connectivity index (χ0n) is 20.6. The number of hydrogen-bond acceptors (Lipinski definition) is 5. The van der Waals surface area contributed by atoms with Crippen molar-refractivity contribution in [2.24, 2.45) is 11.7 Å². The van der Waals surface area contributed by atoms with E-state index in [0.717, 1.165) is 45.9 Å². The average molecular weight is 531 g/mol.